The normalized spacial score (nSPS) is 9.92. The fourth-order valence-electron chi connectivity index (χ4n) is 1.81. The van der Waals surface area contributed by atoms with Crippen molar-refractivity contribution in [1.29, 1.82) is 0 Å². The predicted molar refractivity (Wildman–Crippen MR) is 104 cm³/mol. The SMILES string of the molecule is C/C=C/c1ccccc1.NCC(=O)NCC(=O)NCc1ccc(N)nc1. The van der Waals surface area contributed by atoms with Crippen LogP contribution in [0.2, 0.25) is 0 Å². The number of aromatic nitrogens is 1. The minimum Gasteiger partial charge on any atom is -0.384 e. The minimum absolute atomic E-state index is 0.0849. The van der Waals surface area contributed by atoms with Crippen LogP contribution in [0, 0.1) is 0 Å². The molecule has 0 aliphatic carbocycles. The summed E-state index contributed by atoms with van der Waals surface area (Å²) in [5.74, 6) is -0.229. The van der Waals surface area contributed by atoms with Gasteiger partial charge in [0.1, 0.15) is 5.82 Å². The molecule has 7 heteroatoms. The first-order valence-corrected chi connectivity index (χ1v) is 8.16. The van der Waals surface area contributed by atoms with Crippen LogP contribution in [-0.4, -0.2) is 29.9 Å². The number of allylic oxidation sites excluding steroid dienone is 1. The van der Waals surface area contributed by atoms with Crippen LogP contribution in [0.5, 0.6) is 0 Å². The minimum atomic E-state index is -0.366. The molecule has 2 aromatic rings. The Morgan fingerprint density at radius 3 is 2.38 bits per heavy atom. The maximum atomic E-state index is 11.3. The summed E-state index contributed by atoms with van der Waals surface area (Å²) in [6.07, 6.45) is 5.70. The zero-order chi connectivity index (χ0) is 19.2. The Bertz CT molecular complexity index is 700. The molecule has 0 spiro atoms. The van der Waals surface area contributed by atoms with E-state index in [1.54, 1.807) is 18.3 Å². The molecule has 2 amide bonds. The summed E-state index contributed by atoms with van der Waals surface area (Å²) in [6.45, 7) is 2.14. The molecule has 7 nitrogen and oxygen atoms in total. The van der Waals surface area contributed by atoms with Crippen LogP contribution in [0.3, 0.4) is 0 Å². The molecule has 0 atom stereocenters. The number of carbonyl (C=O) groups is 2. The van der Waals surface area contributed by atoms with Crippen molar-refractivity contribution in [3.05, 3.63) is 65.9 Å². The standard InChI is InChI=1S/C10H15N5O2.C9H10/c11-3-9(16)15-6-10(17)14-5-7-1-2-8(12)13-4-7;1-2-6-9-7-4-3-5-8-9/h1-2,4H,3,5-6,11H2,(H2,12,13)(H,14,17)(H,15,16);2-8H,1H3/b;6-2+. The lowest BCUT2D eigenvalue weighted by atomic mass is 10.2. The fourth-order valence-corrected chi connectivity index (χ4v) is 1.81. The van der Waals surface area contributed by atoms with E-state index in [4.69, 9.17) is 11.5 Å². The zero-order valence-corrected chi connectivity index (χ0v) is 14.8. The second-order valence-corrected chi connectivity index (χ2v) is 5.26. The maximum absolute atomic E-state index is 11.3. The van der Waals surface area contributed by atoms with Gasteiger partial charge in [-0.15, -0.1) is 0 Å². The molecule has 0 bridgehead atoms. The molecule has 0 radical (unpaired) electrons. The van der Waals surface area contributed by atoms with Crippen LogP contribution in [0.4, 0.5) is 5.82 Å². The van der Waals surface area contributed by atoms with E-state index in [1.807, 2.05) is 31.2 Å². The van der Waals surface area contributed by atoms with Crippen molar-refractivity contribution in [2.24, 2.45) is 5.73 Å². The molecule has 0 saturated carbocycles. The molecule has 0 aliphatic heterocycles. The number of nitrogens with zero attached hydrogens (tertiary/aromatic N) is 1. The topological polar surface area (TPSA) is 123 Å². The van der Waals surface area contributed by atoms with Gasteiger partial charge >= 0.3 is 0 Å². The average molecular weight is 355 g/mol. The number of amides is 2. The first-order valence-electron chi connectivity index (χ1n) is 8.16. The Hall–Kier alpha value is -3.19. The highest BCUT2D eigenvalue weighted by Gasteiger charge is 2.03. The van der Waals surface area contributed by atoms with Gasteiger partial charge in [0.15, 0.2) is 0 Å². The zero-order valence-electron chi connectivity index (χ0n) is 14.8. The summed E-state index contributed by atoms with van der Waals surface area (Å²) < 4.78 is 0. The van der Waals surface area contributed by atoms with Gasteiger partial charge in [-0.25, -0.2) is 4.98 Å². The van der Waals surface area contributed by atoms with Crippen LogP contribution in [-0.2, 0) is 16.1 Å². The Morgan fingerprint density at radius 2 is 1.81 bits per heavy atom. The first-order chi connectivity index (χ1) is 12.5. The number of hydrogen-bond acceptors (Lipinski definition) is 5. The van der Waals surface area contributed by atoms with Crippen molar-refractivity contribution >= 4 is 23.7 Å². The third kappa shape index (κ3) is 9.19. The van der Waals surface area contributed by atoms with Gasteiger partial charge in [0.05, 0.1) is 13.1 Å². The molecule has 1 aromatic carbocycles. The van der Waals surface area contributed by atoms with Crippen LogP contribution in [0.15, 0.2) is 54.7 Å². The quantitative estimate of drug-likeness (QED) is 0.617. The lowest BCUT2D eigenvalue weighted by Crippen LogP contribution is -2.39. The van der Waals surface area contributed by atoms with Crippen molar-refractivity contribution in [2.75, 3.05) is 18.8 Å². The van der Waals surface area contributed by atoms with Crippen molar-refractivity contribution in [1.82, 2.24) is 15.6 Å². The van der Waals surface area contributed by atoms with E-state index in [9.17, 15) is 9.59 Å². The Morgan fingerprint density at radius 1 is 1.08 bits per heavy atom. The van der Waals surface area contributed by atoms with Crippen molar-refractivity contribution < 1.29 is 9.59 Å². The molecule has 6 N–H and O–H groups in total. The average Bonchev–Trinajstić information content (AvgIpc) is 2.67. The molecule has 0 saturated heterocycles. The molecule has 26 heavy (non-hydrogen) atoms. The third-order valence-electron chi connectivity index (χ3n) is 3.13. The van der Waals surface area contributed by atoms with Crippen LogP contribution < -0.4 is 22.1 Å². The second-order valence-electron chi connectivity index (χ2n) is 5.26. The number of benzene rings is 1. The first kappa shape index (κ1) is 20.9. The molecule has 0 aliphatic rings. The Balaban J connectivity index is 0.000000314. The highest BCUT2D eigenvalue weighted by atomic mass is 16.2. The molecule has 1 heterocycles. The molecule has 1 aromatic heterocycles. The number of nitrogens with two attached hydrogens (primary N) is 2. The molecule has 138 valence electrons. The number of rotatable bonds is 6. The smallest absolute Gasteiger partial charge is 0.239 e. The molecule has 0 fully saturated rings. The number of nitrogens with one attached hydrogen (secondary N) is 2. The van der Waals surface area contributed by atoms with Gasteiger partial charge in [-0.2, -0.15) is 0 Å². The van der Waals surface area contributed by atoms with Crippen LogP contribution >= 0.6 is 0 Å². The summed E-state index contributed by atoms with van der Waals surface area (Å²) in [7, 11) is 0. The summed E-state index contributed by atoms with van der Waals surface area (Å²) in [5, 5.41) is 4.99. The number of hydrogen-bond donors (Lipinski definition) is 4. The van der Waals surface area contributed by atoms with Gasteiger partial charge < -0.3 is 22.1 Å². The number of anilines is 1. The molecular formula is C19H25N5O2. The van der Waals surface area contributed by atoms with E-state index < -0.39 is 0 Å². The third-order valence-corrected chi connectivity index (χ3v) is 3.13. The summed E-state index contributed by atoms with van der Waals surface area (Å²) in [5.41, 5.74) is 12.6. The number of nitrogen functional groups attached to an aromatic ring is 1. The van der Waals surface area contributed by atoms with Crippen molar-refractivity contribution in [3.8, 4) is 0 Å². The lowest BCUT2D eigenvalue weighted by molar-refractivity contribution is -0.125. The highest BCUT2D eigenvalue weighted by Crippen LogP contribution is 2.00. The van der Waals surface area contributed by atoms with Crippen molar-refractivity contribution in [2.45, 2.75) is 13.5 Å². The van der Waals surface area contributed by atoms with Gasteiger partial charge in [-0.3, -0.25) is 9.59 Å². The fraction of sp³-hybridized carbons (Fsp3) is 0.211. The molecule has 2 rings (SSSR count). The van der Waals surface area contributed by atoms with Gasteiger partial charge in [0.25, 0.3) is 0 Å². The van der Waals surface area contributed by atoms with E-state index in [-0.39, 0.29) is 24.9 Å². The lowest BCUT2D eigenvalue weighted by Gasteiger charge is -2.06. The summed E-state index contributed by atoms with van der Waals surface area (Å²) in [4.78, 5) is 26.0. The van der Waals surface area contributed by atoms with Crippen LogP contribution in [0.1, 0.15) is 18.1 Å². The summed E-state index contributed by atoms with van der Waals surface area (Å²) in [6, 6.07) is 13.7. The summed E-state index contributed by atoms with van der Waals surface area (Å²) >= 11 is 0. The Kier molecular flexibility index (Phi) is 9.80. The monoisotopic (exact) mass is 355 g/mol. The Labute approximate surface area is 153 Å². The predicted octanol–water partition coefficient (Wildman–Crippen LogP) is 1.07. The maximum Gasteiger partial charge on any atom is 0.239 e. The van der Waals surface area contributed by atoms with Gasteiger partial charge in [-0.1, -0.05) is 48.6 Å². The van der Waals surface area contributed by atoms with Crippen molar-refractivity contribution in [3.63, 3.8) is 0 Å². The molecule has 0 unspecified atom stereocenters. The van der Waals surface area contributed by atoms with Gasteiger partial charge in [0, 0.05) is 12.7 Å². The second kappa shape index (κ2) is 12.2. The van der Waals surface area contributed by atoms with E-state index in [2.05, 4.69) is 33.8 Å². The largest absolute Gasteiger partial charge is 0.384 e. The van der Waals surface area contributed by atoms with Gasteiger partial charge in [0.2, 0.25) is 11.8 Å². The van der Waals surface area contributed by atoms with E-state index in [1.165, 1.54) is 5.56 Å². The van der Waals surface area contributed by atoms with E-state index in [0.717, 1.165) is 5.56 Å². The molecular weight excluding hydrogens is 330 g/mol. The van der Waals surface area contributed by atoms with E-state index in [0.29, 0.717) is 12.4 Å². The van der Waals surface area contributed by atoms with Crippen LogP contribution in [0.25, 0.3) is 6.08 Å². The number of carbonyl (C=O) groups excluding carboxylic acids is 2. The number of pyridine rings is 1. The highest BCUT2D eigenvalue weighted by molar-refractivity contribution is 5.85. The van der Waals surface area contributed by atoms with Gasteiger partial charge in [-0.05, 0) is 24.1 Å². The van der Waals surface area contributed by atoms with E-state index >= 15 is 0 Å².